The Hall–Kier alpha value is 0.417. The highest BCUT2D eigenvalue weighted by molar-refractivity contribution is 7.85. The van der Waals surface area contributed by atoms with Crippen molar-refractivity contribution in [3.05, 3.63) is 0 Å². The zero-order valence-corrected chi connectivity index (χ0v) is 10.3. The molecule has 76 valence electrons. The van der Waals surface area contributed by atoms with Crippen molar-refractivity contribution in [3.8, 4) is 0 Å². The van der Waals surface area contributed by atoms with Gasteiger partial charge in [-0.15, -0.1) is 12.4 Å². The Bertz CT molecular complexity index is 207. The molecule has 0 heterocycles. The van der Waals surface area contributed by atoms with Crippen LogP contribution in [0.25, 0.3) is 0 Å². The largest absolute Gasteiger partial charge is 0.286 e. The van der Waals surface area contributed by atoms with Crippen LogP contribution in [0.5, 0.6) is 0 Å². The van der Waals surface area contributed by atoms with Gasteiger partial charge in [0.25, 0.3) is 10.1 Å². The van der Waals surface area contributed by atoms with Crippen LogP contribution in [0.4, 0.5) is 0 Å². The highest BCUT2D eigenvalue weighted by Crippen LogP contribution is 2.11. The standard InChI is InChI=1S/C6H16O3SSi.ClH/c1-11(2,3)6-4-5-10(7,8)9;/h4-6H2,1-3H3,(H,7,8,9);1H. The van der Waals surface area contributed by atoms with E-state index >= 15 is 0 Å². The summed E-state index contributed by atoms with van der Waals surface area (Å²) in [5.41, 5.74) is 0. The lowest BCUT2D eigenvalue weighted by atomic mass is 10.6. The summed E-state index contributed by atoms with van der Waals surface area (Å²) < 4.78 is 29.0. The molecule has 0 rings (SSSR count). The third-order valence-corrected chi connectivity index (χ3v) is 3.99. The van der Waals surface area contributed by atoms with E-state index in [9.17, 15) is 8.42 Å². The molecule has 0 amide bonds. The second-order valence-corrected chi connectivity index (χ2v) is 11.1. The molecule has 0 aliphatic rings. The summed E-state index contributed by atoms with van der Waals surface area (Å²) in [4.78, 5) is 0. The second-order valence-electron chi connectivity index (χ2n) is 3.95. The summed E-state index contributed by atoms with van der Waals surface area (Å²) in [5, 5.41) is 0. The maximum Gasteiger partial charge on any atom is 0.264 e. The first-order valence-electron chi connectivity index (χ1n) is 3.66. The summed E-state index contributed by atoms with van der Waals surface area (Å²) in [5.74, 6) is -0.0860. The van der Waals surface area contributed by atoms with Gasteiger partial charge in [-0.2, -0.15) is 8.42 Å². The van der Waals surface area contributed by atoms with Crippen molar-refractivity contribution in [1.29, 1.82) is 0 Å². The molecule has 0 bridgehead atoms. The van der Waals surface area contributed by atoms with Gasteiger partial charge in [-0.05, 0) is 6.42 Å². The highest BCUT2D eigenvalue weighted by Gasteiger charge is 2.14. The molecule has 0 atom stereocenters. The molecule has 0 saturated heterocycles. The van der Waals surface area contributed by atoms with Crippen LogP contribution in [0.1, 0.15) is 6.42 Å². The van der Waals surface area contributed by atoms with Crippen LogP contribution in [-0.2, 0) is 10.1 Å². The predicted molar refractivity (Wildman–Crippen MR) is 56.4 cm³/mol. The summed E-state index contributed by atoms with van der Waals surface area (Å²) in [6, 6.07) is 0.951. The van der Waals surface area contributed by atoms with Gasteiger partial charge in [-0.25, -0.2) is 0 Å². The molecule has 0 aliphatic heterocycles. The molecule has 0 spiro atoms. The van der Waals surface area contributed by atoms with Crippen molar-refractivity contribution in [2.24, 2.45) is 0 Å². The lowest BCUT2D eigenvalue weighted by Gasteiger charge is -2.13. The normalized spacial score (nSPS) is 12.3. The van der Waals surface area contributed by atoms with Crippen molar-refractivity contribution in [2.75, 3.05) is 5.75 Å². The van der Waals surface area contributed by atoms with Crippen LogP contribution in [0.3, 0.4) is 0 Å². The minimum atomic E-state index is -3.72. The van der Waals surface area contributed by atoms with Crippen LogP contribution in [-0.4, -0.2) is 26.8 Å². The molecular formula is C6H17ClO3SSi. The maximum atomic E-state index is 10.3. The fourth-order valence-corrected chi connectivity index (χ4v) is 2.79. The summed E-state index contributed by atoms with van der Waals surface area (Å²) in [6.07, 6.45) is 0.592. The molecular weight excluding hydrogens is 216 g/mol. The zero-order chi connectivity index (χ0) is 9.12. The lowest BCUT2D eigenvalue weighted by molar-refractivity contribution is 0.482. The Morgan fingerprint density at radius 3 is 1.92 bits per heavy atom. The minimum Gasteiger partial charge on any atom is -0.286 e. The van der Waals surface area contributed by atoms with Gasteiger partial charge in [0.1, 0.15) is 0 Å². The van der Waals surface area contributed by atoms with Gasteiger partial charge in [0.15, 0.2) is 0 Å². The van der Waals surface area contributed by atoms with E-state index in [1.54, 1.807) is 0 Å². The van der Waals surface area contributed by atoms with Crippen molar-refractivity contribution in [3.63, 3.8) is 0 Å². The minimum absolute atomic E-state index is 0. The first-order valence-corrected chi connectivity index (χ1v) is 8.97. The van der Waals surface area contributed by atoms with Gasteiger partial charge in [-0.1, -0.05) is 25.7 Å². The smallest absolute Gasteiger partial charge is 0.264 e. The predicted octanol–water partition coefficient (Wildman–Crippen LogP) is 2.02. The molecule has 0 aromatic heterocycles. The monoisotopic (exact) mass is 232 g/mol. The van der Waals surface area contributed by atoms with E-state index in [4.69, 9.17) is 4.55 Å². The fourth-order valence-electron chi connectivity index (χ4n) is 0.785. The molecule has 0 unspecified atom stereocenters. The van der Waals surface area contributed by atoms with Crippen LogP contribution < -0.4 is 0 Å². The van der Waals surface area contributed by atoms with E-state index in [0.29, 0.717) is 6.42 Å². The van der Waals surface area contributed by atoms with Crippen LogP contribution in [0, 0.1) is 0 Å². The van der Waals surface area contributed by atoms with E-state index in [1.807, 2.05) is 0 Å². The quantitative estimate of drug-likeness (QED) is 0.596. The average Bonchev–Trinajstić information content (AvgIpc) is 1.55. The molecule has 0 radical (unpaired) electrons. The Morgan fingerprint density at radius 2 is 1.67 bits per heavy atom. The van der Waals surface area contributed by atoms with Crippen LogP contribution in [0.15, 0.2) is 0 Å². The third-order valence-electron chi connectivity index (χ3n) is 1.33. The molecule has 0 fully saturated rings. The van der Waals surface area contributed by atoms with Crippen molar-refractivity contribution >= 4 is 30.6 Å². The van der Waals surface area contributed by atoms with Crippen LogP contribution >= 0.6 is 12.4 Å². The molecule has 6 heteroatoms. The van der Waals surface area contributed by atoms with E-state index < -0.39 is 18.2 Å². The number of hydrogen-bond donors (Lipinski definition) is 1. The molecule has 0 aliphatic carbocycles. The fraction of sp³-hybridized carbons (Fsp3) is 1.00. The zero-order valence-electron chi connectivity index (χ0n) is 7.70. The van der Waals surface area contributed by atoms with E-state index in [1.165, 1.54) is 0 Å². The molecule has 0 saturated carbocycles. The lowest BCUT2D eigenvalue weighted by Crippen LogP contribution is -2.20. The van der Waals surface area contributed by atoms with Gasteiger partial charge in [0.2, 0.25) is 0 Å². The van der Waals surface area contributed by atoms with Gasteiger partial charge in [-0.3, -0.25) is 4.55 Å². The molecule has 12 heavy (non-hydrogen) atoms. The molecule has 0 aromatic rings. The Balaban J connectivity index is 0. The van der Waals surface area contributed by atoms with Gasteiger partial charge in [0, 0.05) is 8.07 Å². The van der Waals surface area contributed by atoms with Gasteiger partial charge >= 0.3 is 0 Å². The SMILES string of the molecule is C[Si](C)(C)CCCS(=O)(=O)O.Cl. The van der Waals surface area contributed by atoms with Gasteiger partial charge < -0.3 is 0 Å². The maximum absolute atomic E-state index is 10.3. The number of halogens is 1. The average molecular weight is 233 g/mol. The first-order chi connectivity index (χ1) is 4.71. The van der Waals surface area contributed by atoms with Crippen LogP contribution in [0.2, 0.25) is 25.7 Å². The Labute approximate surface area is 81.7 Å². The third kappa shape index (κ3) is 13.0. The van der Waals surface area contributed by atoms with Crippen molar-refractivity contribution in [1.82, 2.24) is 0 Å². The topological polar surface area (TPSA) is 54.4 Å². The Kier molecular flexibility index (Phi) is 6.48. The first kappa shape index (κ1) is 14.9. The van der Waals surface area contributed by atoms with Crippen molar-refractivity contribution < 1.29 is 13.0 Å². The van der Waals surface area contributed by atoms with E-state index in [2.05, 4.69) is 19.6 Å². The second kappa shape index (κ2) is 5.21. The van der Waals surface area contributed by atoms with E-state index in [-0.39, 0.29) is 18.2 Å². The van der Waals surface area contributed by atoms with Crippen molar-refractivity contribution in [2.45, 2.75) is 32.1 Å². The number of hydrogen-bond acceptors (Lipinski definition) is 2. The summed E-state index contributed by atoms with van der Waals surface area (Å²) in [6.45, 7) is 6.53. The van der Waals surface area contributed by atoms with Gasteiger partial charge in [0.05, 0.1) is 5.75 Å². The summed E-state index contributed by atoms with van der Waals surface area (Å²) in [7, 11) is -4.86. The number of rotatable bonds is 4. The molecule has 3 nitrogen and oxygen atoms in total. The molecule has 0 aromatic carbocycles. The highest BCUT2D eigenvalue weighted by atomic mass is 35.5. The van der Waals surface area contributed by atoms with E-state index in [0.717, 1.165) is 6.04 Å². The summed E-state index contributed by atoms with van der Waals surface area (Å²) >= 11 is 0. The molecule has 1 N–H and O–H groups in total. The Morgan fingerprint density at radius 1 is 1.25 bits per heavy atom.